The Balaban J connectivity index is 1.94. The van der Waals surface area contributed by atoms with E-state index in [0.29, 0.717) is 23.5 Å². The van der Waals surface area contributed by atoms with Crippen molar-refractivity contribution in [2.24, 2.45) is 0 Å². The molecule has 26 heavy (non-hydrogen) atoms. The lowest BCUT2D eigenvalue weighted by atomic mass is 10.1. The number of aryl methyl sites for hydroxylation is 1. The Morgan fingerprint density at radius 1 is 0.962 bits per heavy atom. The highest BCUT2D eigenvalue weighted by Gasteiger charge is 2.09. The molecule has 0 aliphatic heterocycles. The number of methoxy groups -OCH3 is 2. The molecule has 1 aromatic heterocycles. The maximum atomic E-state index is 9.10. The van der Waals surface area contributed by atoms with Gasteiger partial charge < -0.3 is 9.47 Å². The van der Waals surface area contributed by atoms with Crippen LogP contribution < -0.4 is 9.47 Å². The molecule has 0 atom stereocenters. The zero-order chi connectivity index (χ0) is 18.5. The van der Waals surface area contributed by atoms with E-state index in [1.54, 1.807) is 20.3 Å². The van der Waals surface area contributed by atoms with Crippen LogP contribution in [0, 0.1) is 18.3 Å². The summed E-state index contributed by atoms with van der Waals surface area (Å²) < 4.78 is 10.6. The van der Waals surface area contributed by atoms with Crippen LogP contribution in [0.5, 0.6) is 11.5 Å². The van der Waals surface area contributed by atoms with Crippen LogP contribution in [0.4, 0.5) is 0 Å². The van der Waals surface area contributed by atoms with Crippen molar-refractivity contribution in [3.63, 3.8) is 0 Å². The monoisotopic (exact) mass is 345 g/mol. The van der Waals surface area contributed by atoms with Gasteiger partial charge in [0, 0.05) is 17.7 Å². The van der Waals surface area contributed by atoms with Gasteiger partial charge in [-0.3, -0.25) is 0 Å². The van der Waals surface area contributed by atoms with Crippen LogP contribution in [0.15, 0.2) is 48.5 Å². The van der Waals surface area contributed by atoms with E-state index < -0.39 is 0 Å². The molecule has 0 bridgehead atoms. The lowest BCUT2D eigenvalue weighted by Crippen LogP contribution is -2.01. The summed E-state index contributed by atoms with van der Waals surface area (Å²) in [5.74, 6) is 2.09. The fourth-order valence-electron chi connectivity index (χ4n) is 2.78. The van der Waals surface area contributed by atoms with Crippen molar-refractivity contribution < 1.29 is 9.47 Å². The van der Waals surface area contributed by atoms with E-state index in [1.165, 1.54) is 0 Å². The first-order valence-corrected chi connectivity index (χ1v) is 8.19. The maximum Gasteiger partial charge on any atom is 0.161 e. The van der Waals surface area contributed by atoms with Gasteiger partial charge in [0.25, 0.3) is 0 Å². The van der Waals surface area contributed by atoms with Crippen molar-refractivity contribution in [1.29, 1.82) is 5.26 Å². The summed E-state index contributed by atoms with van der Waals surface area (Å²) in [7, 11) is 3.23. The Morgan fingerprint density at radius 2 is 1.77 bits per heavy atom. The van der Waals surface area contributed by atoms with Gasteiger partial charge in [0.05, 0.1) is 31.5 Å². The van der Waals surface area contributed by atoms with Crippen LogP contribution in [-0.2, 0) is 6.42 Å². The van der Waals surface area contributed by atoms with Gasteiger partial charge >= 0.3 is 0 Å². The average Bonchev–Trinajstić information content (AvgIpc) is 2.67. The Hall–Kier alpha value is -3.39. The second kappa shape index (κ2) is 7.66. The van der Waals surface area contributed by atoms with Crippen LogP contribution >= 0.6 is 0 Å². The molecular weight excluding hydrogens is 326 g/mol. The molecule has 3 rings (SSSR count). The fourth-order valence-corrected chi connectivity index (χ4v) is 2.78. The van der Waals surface area contributed by atoms with Gasteiger partial charge in [0.15, 0.2) is 11.5 Å². The smallest absolute Gasteiger partial charge is 0.161 e. The minimum atomic E-state index is 0.576. The van der Waals surface area contributed by atoms with Crippen molar-refractivity contribution in [3.05, 3.63) is 71.2 Å². The quantitative estimate of drug-likeness (QED) is 0.701. The van der Waals surface area contributed by atoms with E-state index in [0.717, 1.165) is 28.3 Å². The van der Waals surface area contributed by atoms with Crippen LogP contribution in [0.3, 0.4) is 0 Å². The SMILES string of the molecule is COc1ccc(Cc2nc(C)cc(-c3cccc(C#N)c3)n2)cc1OC. The minimum absolute atomic E-state index is 0.576. The summed E-state index contributed by atoms with van der Waals surface area (Å²) >= 11 is 0. The minimum Gasteiger partial charge on any atom is -0.493 e. The zero-order valence-electron chi connectivity index (χ0n) is 15.0. The number of ether oxygens (including phenoxy) is 2. The molecule has 0 N–H and O–H groups in total. The van der Waals surface area contributed by atoms with E-state index in [4.69, 9.17) is 14.7 Å². The number of aromatic nitrogens is 2. The number of hydrogen-bond donors (Lipinski definition) is 0. The predicted octanol–water partition coefficient (Wildman–Crippen LogP) is 3.93. The van der Waals surface area contributed by atoms with E-state index in [-0.39, 0.29) is 0 Å². The Morgan fingerprint density at radius 3 is 2.50 bits per heavy atom. The molecule has 0 spiro atoms. The molecule has 0 saturated heterocycles. The Labute approximate surface area is 152 Å². The molecule has 5 nitrogen and oxygen atoms in total. The summed E-state index contributed by atoms with van der Waals surface area (Å²) in [4.78, 5) is 9.23. The summed E-state index contributed by atoms with van der Waals surface area (Å²) in [5.41, 5.74) is 4.24. The first kappa shape index (κ1) is 17.4. The molecule has 2 aromatic carbocycles. The summed E-state index contributed by atoms with van der Waals surface area (Å²) in [5, 5.41) is 9.10. The number of rotatable bonds is 5. The second-order valence-corrected chi connectivity index (χ2v) is 5.87. The van der Waals surface area contributed by atoms with E-state index in [9.17, 15) is 0 Å². The van der Waals surface area contributed by atoms with Gasteiger partial charge in [-0.1, -0.05) is 18.2 Å². The van der Waals surface area contributed by atoms with E-state index in [2.05, 4.69) is 16.0 Å². The highest BCUT2D eigenvalue weighted by atomic mass is 16.5. The largest absolute Gasteiger partial charge is 0.493 e. The van der Waals surface area contributed by atoms with Crippen molar-refractivity contribution >= 4 is 0 Å². The standard InChI is InChI=1S/C21H19N3O2/c1-14-9-18(17-6-4-5-16(10-17)13-22)24-21(23-14)12-15-7-8-19(25-2)20(11-15)26-3/h4-11H,12H2,1-3H3. The lowest BCUT2D eigenvalue weighted by Gasteiger charge is -2.10. The van der Waals surface area contributed by atoms with Crippen LogP contribution in [0.2, 0.25) is 0 Å². The molecule has 0 fully saturated rings. The van der Waals surface area contributed by atoms with Crippen molar-refractivity contribution in [2.45, 2.75) is 13.3 Å². The van der Waals surface area contributed by atoms with Crippen LogP contribution in [0.25, 0.3) is 11.3 Å². The van der Waals surface area contributed by atoms with Gasteiger partial charge in [-0.25, -0.2) is 9.97 Å². The molecule has 3 aromatic rings. The number of hydrogen-bond acceptors (Lipinski definition) is 5. The third-order valence-corrected chi connectivity index (χ3v) is 4.00. The molecule has 0 amide bonds. The van der Waals surface area contributed by atoms with Gasteiger partial charge in [0.1, 0.15) is 5.82 Å². The Bertz CT molecular complexity index is 977. The zero-order valence-corrected chi connectivity index (χ0v) is 15.0. The van der Waals surface area contributed by atoms with Crippen molar-refractivity contribution in [3.8, 4) is 28.8 Å². The van der Waals surface area contributed by atoms with Crippen molar-refractivity contribution in [1.82, 2.24) is 9.97 Å². The lowest BCUT2D eigenvalue weighted by molar-refractivity contribution is 0.354. The Kier molecular flexibility index (Phi) is 5.14. The van der Waals surface area contributed by atoms with E-state index >= 15 is 0 Å². The summed E-state index contributed by atoms with van der Waals surface area (Å²) in [6.45, 7) is 1.94. The average molecular weight is 345 g/mol. The normalized spacial score (nSPS) is 10.2. The molecule has 0 aliphatic carbocycles. The fraction of sp³-hybridized carbons (Fsp3) is 0.190. The van der Waals surface area contributed by atoms with Gasteiger partial charge in [-0.15, -0.1) is 0 Å². The number of nitriles is 1. The molecule has 130 valence electrons. The van der Waals surface area contributed by atoms with Crippen LogP contribution in [-0.4, -0.2) is 24.2 Å². The van der Waals surface area contributed by atoms with Crippen molar-refractivity contribution in [2.75, 3.05) is 14.2 Å². The number of nitrogens with zero attached hydrogens (tertiary/aromatic N) is 3. The third-order valence-electron chi connectivity index (χ3n) is 4.00. The van der Waals surface area contributed by atoms with Gasteiger partial charge in [-0.2, -0.15) is 5.26 Å². The van der Waals surface area contributed by atoms with Crippen LogP contribution in [0.1, 0.15) is 22.6 Å². The highest BCUT2D eigenvalue weighted by Crippen LogP contribution is 2.28. The molecule has 1 heterocycles. The highest BCUT2D eigenvalue weighted by molar-refractivity contribution is 5.61. The topological polar surface area (TPSA) is 68.0 Å². The first-order valence-electron chi connectivity index (χ1n) is 8.19. The molecule has 0 radical (unpaired) electrons. The first-order chi connectivity index (χ1) is 12.6. The summed E-state index contributed by atoms with van der Waals surface area (Å²) in [6, 6.07) is 17.3. The van der Waals surface area contributed by atoms with E-state index in [1.807, 2.05) is 49.4 Å². The molecule has 0 unspecified atom stereocenters. The third kappa shape index (κ3) is 3.81. The molecule has 0 saturated carbocycles. The molecular formula is C21H19N3O2. The maximum absolute atomic E-state index is 9.10. The van der Waals surface area contributed by atoms with Gasteiger partial charge in [-0.05, 0) is 42.8 Å². The summed E-state index contributed by atoms with van der Waals surface area (Å²) in [6.07, 6.45) is 0.576. The predicted molar refractivity (Wildman–Crippen MR) is 99.3 cm³/mol. The van der Waals surface area contributed by atoms with Gasteiger partial charge in [0.2, 0.25) is 0 Å². The molecule has 5 heteroatoms. The second-order valence-electron chi connectivity index (χ2n) is 5.87. The molecule has 0 aliphatic rings. The number of benzene rings is 2.